The number of aliphatic hydroxyl groups is 1. The van der Waals surface area contributed by atoms with Crippen LogP contribution in [-0.4, -0.2) is 47.0 Å². The molecule has 1 fully saturated rings. The summed E-state index contributed by atoms with van der Waals surface area (Å²) in [6, 6.07) is 0.672. The van der Waals surface area contributed by atoms with E-state index in [9.17, 15) is 13.2 Å². The van der Waals surface area contributed by atoms with Gasteiger partial charge in [0.25, 0.3) is 0 Å². The van der Waals surface area contributed by atoms with E-state index in [-0.39, 0.29) is 37.6 Å². The largest absolute Gasteiger partial charge is 0.433 e. The van der Waals surface area contributed by atoms with E-state index in [1.807, 2.05) is 5.43 Å². The fourth-order valence-electron chi connectivity index (χ4n) is 2.04. The Bertz CT molecular complexity index is 499. The van der Waals surface area contributed by atoms with E-state index in [1.54, 1.807) is 11.8 Å². The quantitative estimate of drug-likeness (QED) is 0.548. The van der Waals surface area contributed by atoms with Gasteiger partial charge in [0.2, 0.25) is 5.95 Å². The normalized spacial score (nSPS) is 23.2. The van der Waals surface area contributed by atoms with Gasteiger partial charge in [0, 0.05) is 12.6 Å². The number of hydrogen-bond donors (Lipinski definition) is 3. The summed E-state index contributed by atoms with van der Waals surface area (Å²) in [4.78, 5) is 8.88. The van der Waals surface area contributed by atoms with E-state index in [2.05, 4.69) is 9.97 Å². The SMILES string of the molecule is CC1COC(CO)CN1c1cc(C(F)(F)F)nc(NN)n1. The number of halogens is 3. The number of nitrogen functional groups attached to an aromatic ring is 1. The molecule has 118 valence electrons. The molecule has 1 aliphatic rings. The zero-order chi connectivity index (χ0) is 15.6. The Balaban J connectivity index is 2.37. The highest BCUT2D eigenvalue weighted by molar-refractivity contribution is 5.46. The van der Waals surface area contributed by atoms with Gasteiger partial charge in [-0.3, -0.25) is 5.43 Å². The van der Waals surface area contributed by atoms with Crippen molar-refractivity contribution in [2.45, 2.75) is 25.2 Å². The molecule has 0 saturated carbocycles. The first kappa shape index (κ1) is 15.7. The second kappa shape index (κ2) is 6.00. The van der Waals surface area contributed by atoms with Gasteiger partial charge in [-0.2, -0.15) is 18.2 Å². The van der Waals surface area contributed by atoms with Gasteiger partial charge in [-0.15, -0.1) is 0 Å². The summed E-state index contributed by atoms with van der Waals surface area (Å²) in [5.74, 6) is 4.89. The standard InChI is InChI=1S/C11H16F3N5O2/c1-6-5-21-7(4-20)3-19(6)9-2-8(11(12,13)14)16-10(17-9)18-15/h2,6-7,20H,3-5,15H2,1H3,(H,16,17,18). The molecule has 7 nitrogen and oxygen atoms in total. The van der Waals surface area contributed by atoms with Crippen molar-refractivity contribution in [3.8, 4) is 0 Å². The van der Waals surface area contributed by atoms with Crippen LogP contribution in [0.25, 0.3) is 0 Å². The second-order valence-electron chi connectivity index (χ2n) is 4.72. The molecule has 4 N–H and O–H groups in total. The topological polar surface area (TPSA) is 96.5 Å². The van der Waals surface area contributed by atoms with Crippen LogP contribution in [0.2, 0.25) is 0 Å². The minimum atomic E-state index is -4.60. The number of rotatable bonds is 3. The number of aliphatic hydroxyl groups excluding tert-OH is 1. The summed E-state index contributed by atoms with van der Waals surface area (Å²) in [6.45, 7) is 2.08. The fourth-order valence-corrected chi connectivity index (χ4v) is 2.04. The number of nitrogens with zero attached hydrogens (tertiary/aromatic N) is 3. The lowest BCUT2D eigenvalue weighted by atomic mass is 10.2. The van der Waals surface area contributed by atoms with Gasteiger partial charge in [-0.25, -0.2) is 10.8 Å². The molecular formula is C11H16F3N5O2. The number of anilines is 2. The molecule has 0 bridgehead atoms. The molecule has 0 radical (unpaired) electrons. The first-order valence-electron chi connectivity index (χ1n) is 6.27. The Kier molecular flexibility index (Phi) is 4.49. The monoisotopic (exact) mass is 307 g/mol. The van der Waals surface area contributed by atoms with Crippen molar-refractivity contribution < 1.29 is 23.0 Å². The number of aromatic nitrogens is 2. The lowest BCUT2D eigenvalue weighted by molar-refractivity contribution is -0.141. The molecular weight excluding hydrogens is 291 g/mol. The van der Waals surface area contributed by atoms with Gasteiger partial charge in [-0.1, -0.05) is 0 Å². The molecule has 1 aromatic heterocycles. The fraction of sp³-hybridized carbons (Fsp3) is 0.636. The predicted molar refractivity (Wildman–Crippen MR) is 68.5 cm³/mol. The van der Waals surface area contributed by atoms with Gasteiger partial charge >= 0.3 is 6.18 Å². The van der Waals surface area contributed by atoms with Crippen LogP contribution in [0.15, 0.2) is 6.07 Å². The number of hydrazine groups is 1. The maximum atomic E-state index is 12.8. The number of morpholine rings is 1. The average molecular weight is 307 g/mol. The van der Waals surface area contributed by atoms with Crippen molar-refractivity contribution in [3.63, 3.8) is 0 Å². The van der Waals surface area contributed by atoms with Crippen LogP contribution in [0.1, 0.15) is 12.6 Å². The molecule has 0 aromatic carbocycles. The second-order valence-corrected chi connectivity index (χ2v) is 4.72. The molecule has 2 unspecified atom stereocenters. The van der Waals surface area contributed by atoms with Crippen LogP contribution in [0.5, 0.6) is 0 Å². The molecule has 0 amide bonds. The van der Waals surface area contributed by atoms with E-state index < -0.39 is 18.0 Å². The number of nitrogens with one attached hydrogen (secondary N) is 1. The summed E-state index contributed by atoms with van der Waals surface area (Å²) in [7, 11) is 0. The maximum absolute atomic E-state index is 12.8. The van der Waals surface area contributed by atoms with Crippen molar-refractivity contribution in [1.82, 2.24) is 9.97 Å². The van der Waals surface area contributed by atoms with E-state index in [0.29, 0.717) is 0 Å². The Morgan fingerprint density at radius 1 is 1.52 bits per heavy atom. The Morgan fingerprint density at radius 3 is 2.81 bits per heavy atom. The van der Waals surface area contributed by atoms with E-state index in [0.717, 1.165) is 6.07 Å². The molecule has 0 spiro atoms. The van der Waals surface area contributed by atoms with Crippen LogP contribution in [0, 0.1) is 0 Å². The van der Waals surface area contributed by atoms with Gasteiger partial charge in [0.15, 0.2) is 5.69 Å². The number of ether oxygens (including phenoxy) is 1. The number of hydrogen-bond acceptors (Lipinski definition) is 7. The molecule has 2 heterocycles. The van der Waals surface area contributed by atoms with Crippen LogP contribution in [0.4, 0.5) is 24.9 Å². The van der Waals surface area contributed by atoms with Crippen LogP contribution in [-0.2, 0) is 10.9 Å². The van der Waals surface area contributed by atoms with E-state index in [1.165, 1.54) is 0 Å². The van der Waals surface area contributed by atoms with E-state index in [4.69, 9.17) is 15.7 Å². The molecule has 1 aliphatic heterocycles. The number of alkyl halides is 3. The van der Waals surface area contributed by atoms with Crippen molar-refractivity contribution in [2.75, 3.05) is 30.1 Å². The Labute approximate surface area is 118 Å². The van der Waals surface area contributed by atoms with Crippen molar-refractivity contribution >= 4 is 11.8 Å². The van der Waals surface area contributed by atoms with Gasteiger partial charge < -0.3 is 14.7 Å². The smallest absolute Gasteiger partial charge is 0.394 e. The Hall–Kier alpha value is -1.65. The van der Waals surface area contributed by atoms with Gasteiger partial charge in [0.1, 0.15) is 5.82 Å². The Morgan fingerprint density at radius 2 is 2.24 bits per heavy atom. The van der Waals surface area contributed by atoms with E-state index >= 15 is 0 Å². The maximum Gasteiger partial charge on any atom is 0.433 e. The zero-order valence-electron chi connectivity index (χ0n) is 11.3. The summed E-state index contributed by atoms with van der Waals surface area (Å²) in [5.41, 5.74) is 0.946. The highest BCUT2D eigenvalue weighted by atomic mass is 19.4. The minimum absolute atomic E-state index is 0.0829. The van der Waals surface area contributed by atoms with Gasteiger partial charge in [-0.05, 0) is 6.92 Å². The van der Waals surface area contributed by atoms with Crippen LogP contribution >= 0.6 is 0 Å². The van der Waals surface area contributed by atoms with Crippen LogP contribution in [0.3, 0.4) is 0 Å². The molecule has 0 aliphatic carbocycles. The number of nitrogens with two attached hydrogens (primary N) is 1. The van der Waals surface area contributed by atoms with Crippen molar-refractivity contribution in [2.24, 2.45) is 5.84 Å². The highest BCUT2D eigenvalue weighted by Gasteiger charge is 2.35. The third-order valence-electron chi connectivity index (χ3n) is 3.14. The van der Waals surface area contributed by atoms with Crippen LogP contribution < -0.4 is 16.2 Å². The molecule has 1 aromatic rings. The summed E-state index contributed by atoms with van der Waals surface area (Å²) in [6.07, 6.45) is -5.07. The third-order valence-corrected chi connectivity index (χ3v) is 3.14. The summed E-state index contributed by atoms with van der Waals surface area (Å²) >= 11 is 0. The molecule has 21 heavy (non-hydrogen) atoms. The summed E-state index contributed by atoms with van der Waals surface area (Å²) < 4.78 is 43.9. The lowest BCUT2D eigenvalue weighted by Crippen LogP contribution is -2.50. The lowest BCUT2D eigenvalue weighted by Gasteiger charge is -2.38. The van der Waals surface area contributed by atoms with Crippen molar-refractivity contribution in [1.29, 1.82) is 0 Å². The first-order chi connectivity index (χ1) is 9.85. The molecule has 10 heteroatoms. The minimum Gasteiger partial charge on any atom is -0.394 e. The van der Waals surface area contributed by atoms with Gasteiger partial charge in [0.05, 0.1) is 25.4 Å². The first-order valence-corrected chi connectivity index (χ1v) is 6.27. The molecule has 2 atom stereocenters. The predicted octanol–water partition coefficient (Wildman–Crippen LogP) is 0.367. The van der Waals surface area contributed by atoms with Crippen molar-refractivity contribution in [3.05, 3.63) is 11.8 Å². The zero-order valence-corrected chi connectivity index (χ0v) is 11.3. The summed E-state index contributed by atoms with van der Waals surface area (Å²) in [5, 5.41) is 9.13. The average Bonchev–Trinajstić information content (AvgIpc) is 2.46. The highest BCUT2D eigenvalue weighted by Crippen LogP contribution is 2.31. The molecule has 2 rings (SSSR count). The third kappa shape index (κ3) is 3.52. The molecule has 1 saturated heterocycles.